The van der Waals surface area contributed by atoms with Crippen molar-refractivity contribution in [3.05, 3.63) is 12.2 Å². The summed E-state index contributed by atoms with van der Waals surface area (Å²) in [5, 5.41) is 0. The Morgan fingerprint density at radius 2 is 1.68 bits per heavy atom. The fraction of sp³-hybridized carbons (Fsp3) is 0.920. The van der Waals surface area contributed by atoms with Crippen LogP contribution in [0.3, 0.4) is 0 Å². The molecule has 3 heteroatoms. The molecular weight excluding hydrogens is 357 g/mol. The van der Waals surface area contributed by atoms with Crippen molar-refractivity contribution < 1.29 is 13.2 Å². The van der Waals surface area contributed by atoms with E-state index in [4.69, 9.17) is 0 Å². The van der Waals surface area contributed by atoms with Crippen molar-refractivity contribution in [3.63, 3.8) is 0 Å². The largest absolute Gasteiger partial charge is 0.251 e. The van der Waals surface area contributed by atoms with Crippen LogP contribution in [0.1, 0.15) is 91.4 Å². The lowest BCUT2D eigenvalue weighted by Gasteiger charge is -2.62. The molecule has 0 spiro atoms. The van der Waals surface area contributed by atoms with E-state index >= 15 is 8.78 Å². The third-order valence-electron chi connectivity index (χ3n) is 9.95. The van der Waals surface area contributed by atoms with Crippen molar-refractivity contribution in [2.45, 2.75) is 103 Å². The Kier molecular flexibility index (Phi) is 5.23. The third kappa shape index (κ3) is 3.18. The third-order valence-corrected chi connectivity index (χ3v) is 9.95. The highest BCUT2D eigenvalue weighted by Crippen LogP contribution is 2.70. The lowest BCUT2D eigenvalue weighted by Crippen LogP contribution is -2.60. The lowest BCUT2D eigenvalue weighted by molar-refractivity contribution is -0.235. The Morgan fingerprint density at radius 1 is 1.00 bits per heavy atom. The number of rotatable bonds is 4. The molecule has 0 bridgehead atoms. The fourth-order valence-corrected chi connectivity index (χ4v) is 8.34. The van der Waals surface area contributed by atoms with Gasteiger partial charge >= 0.3 is 0 Å². The number of hydrogen-bond acceptors (Lipinski definition) is 0. The predicted molar refractivity (Wildman–Crippen MR) is 109 cm³/mol. The van der Waals surface area contributed by atoms with Gasteiger partial charge in [-0.25, -0.2) is 13.2 Å². The zero-order valence-corrected chi connectivity index (χ0v) is 18.1. The average Bonchev–Trinajstić information content (AvgIpc) is 2.93. The maximum Gasteiger partial charge on any atom is 0.251 e. The van der Waals surface area contributed by atoms with Gasteiger partial charge in [-0.2, -0.15) is 0 Å². The van der Waals surface area contributed by atoms with Gasteiger partial charge in [-0.3, -0.25) is 0 Å². The molecule has 28 heavy (non-hydrogen) atoms. The molecular formula is C25H39F3. The van der Waals surface area contributed by atoms with Crippen molar-refractivity contribution in [2.24, 2.45) is 40.4 Å². The van der Waals surface area contributed by atoms with E-state index in [1.165, 1.54) is 5.57 Å². The fourth-order valence-electron chi connectivity index (χ4n) is 8.34. The summed E-state index contributed by atoms with van der Waals surface area (Å²) in [6.45, 7) is 10.7. The van der Waals surface area contributed by atoms with Crippen molar-refractivity contribution in [2.75, 3.05) is 0 Å². The van der Waals surface area contributed by atoms with E-state index in [2.05, 4.69) is 27.4 Å². The van der Waals surface area contributed by atoms with Gasteiger partial charge in [-0.1, -0.05) is 19.4 Å². The first-order valence-electron chi connectivity index (χ1n) is 11.7. The molecule has 4 fully saturated rings. The first kappa shape index (κ1) is 20.8. The second-order valence-electron chi connectivity index (χ2n) is 11.4. The molecule has 4 aliphatic rings. The van der Waals surface area contributed by atoms with Crippen LogP contribution >= 0.6 is 0 Å². The van der Waals surface area contributed by atoms with Crippen LogP contribution in [0, 0.1) is 40.4 Å². The number of hydrogen-bond donors (Lipinski definition) is 0. The van der Waals surface area contributed by atoms with Gasteiger partial charge in [0.25, 0.3) is 5.92 Å². The summed E-state index contributed by atoms with van der Waals surface area (Å²) < 4.78 is 45.2. The summed E-state index contributed by atoms with van der Waals surface area (Å²) in [7, 11) is 0. The quantitative estimate of drug-likeness (QED) is 0.423. The molecule has 0 saturated heterocycles. The SMILES string of the molecule is C=C(C)CCCC1CCC2C3C(CCC12C)C1(C)CCC(F)CC1CC3(F)F. The van der Waals surface area contributed by atoms with Crippen molar-refractivity contribution in [1.82, 2.24) is 0 Å². The normalized spacial score (nSPS) is 49.8. The van der Waals surface area contributed by atoms with Crippen LogP contribution in [-0.2, 0) is 0 Å². The van der Waals surface area contributed by atoms with Crippen LogP contribution in [0.5, 0.6) is 0 Å². The van der Waals surface area contributed by atoms with Crippen LogP contribution in [0.15, 0.2) is 12.2 Å². The Bertz CT molecular complexity index is 613. The molecule has 4 rings (SSSR count). The minimum absolute atomic E-state index is 0.0696. The summed E-state index contributed by atoms with van der Waals surface area (Å²) in [5.74, 6) is -2.41. The van der Waals surface area contributed by atoms with Gasteiger partial charge in [-0.05, 0) is 106 Å². The molecule has 0 heterocycles. The Labute approximate surface area is 169 Å². The summed E-state index contributed by atoms with van der Waals surface area (Å²) in [6, 6.07) is 0. The van der Waals surface area contributed by atoms with Crippen LogP contribution in [0.25, 0.3) is 0 Å². The van der Waals surface area contributed by atoms with E-state index in [0.29, 0.717) is 18.8 Å². The molecule has 0 radical (unpaired) electrons. The molecule has 0 aromatic rings. The summed E-state index contributed by atoms with van der Waals surface area (Å²) in [5.41, 5.74) is 1.22. The molecule has 0 nitrogen and oxygen atoms in total. The van der Waals surface area contributed by atoms with E-state index in [0.717, 1.165) is 51.4 Å². The molecule has 4 saturated carbocycles. The smallest absolute Gasteiger partial charge is 0.247 e. The van der Waals surface area contributed by atoms with Gasteiger partial charge in [0.15, 0.2) is 0 Å². The van der Waals surface area contributed by atoms with E-state index in [9.17, 15) is 4.39 Å². The number of halogens is 3. The van der Waals surface area contributed by atoms with Gasteiger partial charge in [0.2, 0.25) is 0 Å². The van der Waals surface area contributed by atoms with E-state index in [1.807, 2.05) is 0 Å². The minimum atomic E-state index is -2.62. The van der Waals surface area contributed by atoms with E-state index < -0.39 is 18.0 Å². The van der Waals surface area contributed by atoms with Gasteiger partial charge in [0.05, 0.1) is 0 Å². The highest BCUT2D eigenvalue weighted by atomic mass is 19.3. The highest BCUT2D eigenvalue weighted by molar-refractivity contribution is 5.13. The van der Waals surface area contributed by atoms with Crippen LogP contribution in [0.4, 0.5) is 13.2 Å². The maximum absolute atomic E-state index is 15.6. The molecule has 0 amide bonds. The Morgan fingerprint density at radius 3 is 2.39 bits per heavy atom. The first-order valence-corrected chi connectivity index (χ1v) is 11.7. The van der Waals surface area contributed by atoms with Crippen LogP contribution < -0.4 is 0 Å². The standard InChI is InChI=1S/C25H39F3/c1-16(2)6-5-7-17-8-9-20-22-21(11-13-23(17,20)3)24(4)12-10-19(26)14-18(24)15-25(22,27)28/h17-22H,1,5-15H2,2-4H3. The van der Waals surface area contributed by atoms with Crippen LogP contribution in [-0.4, -0.2) is 12.1 Å². The molecule has 0 aromatic carbocycles. The predicted octanol–water partition coefficient (Wildman–Crippen LogP) is 7.98. The van der Waals surface area contributed by atoms with Crippen molar-refractivity contribution in [1.29, 1.82) is 0 Å². The first-order chi connectivity index (χ1) is 13.1. The average molecular weight is 397 g/mol. The minimum Gasteiger partial charge on any atom is -0.247 e. The van der Waals surface area contributed by atoms with Gasteiger partial charge in [0.1, 0.15) is 6.17 Å². The topological polar surface area (TPSA) is 0 Å². The summed E-state index contributed by atoms with van der Waals surface area (Å²) in [4.78, 5) is 0. The monoisotopic (exact) mass is 396 g/mol. The second-order valence-corrected chi connectivity index (χ2v) is 11.4. The molecule has 8 unspecified atom stereocenters. The van der Waals surface area contributed by atoms with Crippen molar-refractivity contribution >= 4 is 0 Å². The number of fused-ring (bicyclic) bond motifs is 5. The maximum atomic E-state index is 15.6. The van der Waals surface area contributed by atoms with Crippen molar-refractivity contribution in [3.8, 4) is 0 Å². The Balaban J connectivity index is 1.58. The Hall–Kier alpha value is -0.470. The second kappa shape index (κ2) is 7.05. The zero-order valence-electron chi connectivity index (χ0n) is 18.1. The van der Waals surface area contributed by atoms with Crippen LogP contribution in [0.2, 0.25) is 0 Å². The summed E-state index contributed by atoms with van der Waals surface area (Å²) in [6.07, 6.45) is 8.26. The van der Waals surface area contributed by atoms with Gasteiger partial charge < -0.3 is 0 Å². The molecule has 4 aliphatic carbocycles. The van der Waals surface area contributed by atoms with E-state index in [-0.39, 0.29) is 35.0 Å². The molecule has 8 atom stereocenters. The molecule has 0 aliphatic heterocycles. The number of alkyl halides is 3. The molecule has 0 aromatic heterocycles. The highest BCUT2D eigenvalue weighted by Gasteiger charge is 2.67. The molecule has 160 valence electrons. The molecule has 0 N–H and O–H groups in total. The lowest BCUT2D eigenvalue weighted by atomic mass is 9.43. The number of allylic oxidation sites excluding steroid dienone is 1. The van der Waals surface area contributed by atoms with E-state index in [1.54, 1.807) is 0 Å². The van der Waals surface area contributed by atoms with Gasteiger partial charge in [-0.15, -0.1) is 6.58 Å². The summed E-state index contributed by atoms with van der Waals surface area (Å²) >= 11 is 0. The zero-order chi connectivity index (χ0) is 20.3. The van der Waals surface area contributed by atoms with Gasteiger partial charge in [0, 0.05) is 12.3 Å².